The van der Waals surface area contributed by atoms with Gasteiger partial charge in [-0.05, 0) is 131 Å². The van der Waals surface area contributed by atoms with Gasteiger partial charge in [0.05, 0.1) is 26.7 Å². The van der Waals surface area contributed by atoms with Crippen LogP contribution in [0.25, 0.3) is 22.4 Å². The number of aromatic nitrogens is 1. The molecule has 0 amide bonds. The fourth-order valence-electron chi connectivity index (χ4n) is 10.3. The molecule has 408 valence electrons. The SMILES string of the molecule is C=S(=O)(NC1(C)C=CC(N2CCN(c3cc(F)cc(-c4c(C(=O)O)c(C)n(CC)c4-c4ccc(Cl)cc4)c3)CC2)=CC1)c1ccc(N[C@H](CCN2CCN(C(C)C)CC2)CSc2ccccc2)c(S(=O)(=O)C(F)(F)F)c1. The lowest BCUT2D eigenvalue weighted by atomic mass is 9.93. The highest BCUT2D eigenvalue weighted by molar-refractivity contribution is 7.99. The fourth-order valence-corrected chi connectivity index (χ4v) is 14.1. The van der Waals surface area contributed by atoms with E-state index in [-0.39, 0.29) is 16.1 Å². The normalized spacial score (nSPS) is 19.2. The first-order chi connectivity index (χ1) is 36.0. The molecule has 3 aliphatic rings. The molecule has 3 N–H and O–H groups in total. The summed E-state index contributed by atoms with van der Waals surface area (Å²) in [6.07, 6.45) is 6.51. The van der Waals surface area contributed by atoms with Crippen molar-refractivity contribution in [3.05, 3.63) is 137 Å². The maximum Gasteiger partial charge on any atom is 0.501 e. The topological polar surface area (TPSA) is 130 Å². The van der Waals surface area contributed by atoms with E-state index in [1.54, 1.807) is 26.0 Å². The summed E-state index contributed by atoms with van der Waals surface area (Å²) < 4.78 is 105. The van der Waals surface area contributed by atoms with Gasteiger partial charge >= 0.3 is 11.5 Å². The van der Waals surface area contributed by atoms with Gasteiger partial charge in [-0.3, -0.25) is 4.90 Å². The van der Waals surface area contributed by atoms with E-state index in [1.165, 1.54) is 36.0 Å². The summed E-state index contributed by atoms with van der Waals surface area (Å²) >= 11 is 7.74. The van der Waals surface area contributed by atoms with E-state index in [2.05, 4.69) is 49.4 Å². The van der Waals surface area contributed by atoms with Gasteiger partial charge in [0, 0.05) is 126 Å². The molecule has 0 spiro atoms. The third-order valence-electron chi connectivity index (χ3n) is 14.5. The van der Waals surface area contributed by atoms with Crippen molar-refractivity contribution >= 4 is 66.1 Å². The zero-order chi connectivity index (χ0) is 54.7. The van der Waals surface area contributed by atoms with Crippen molar-refractivity contribution in [2.24, 2.45) is 0 Å². The number of carbonyl (C=O) groups is 1. The predicted molar refractivity (Wildman–Crippen MR) is 300 cm³/mol. The predicted octanol–water partition coefficient (Wildman–Crippen LogP) is 10.9. The van der Waals surface area contributed by atoms with Crippen LogP contribution in [0.1, 0.15) is 56.6 Å². The Labute approximate surface area is 453 Å². The lowest BCUT2D eigenvalue weighted by Crippen LogP contribution is -2.49. The molecule has 2 fully saturated rings. The Hall–Kier alpha value is -5.28. The number of hydrogen-bond acceptors (Lipinski definition) is 10. The highest BCUT2D eigenvalue weighted by Crippen LogP contribution is 2.42. The largest absolute Gasteiger partial charge is 0.501 e. The molecule has 2 unspecified atom stereocenters. The van der Waals surface area contributed by atoms with E-state index in [1.807, 2.05) is 78.2 Å². The quantitative estimate of drug-likeness (QED) is 0.0415. The van der Waals surface area contributed by atoms with E-state index in [0.717, 1.165) is 48.4 Å². The number of rotatable bonds is 19. The van der Waals surface area contributed by atoms with Gasteiger partial charge in [0.25, 0.3) is 9.84 Å². The standard InChI is InChI=1S/C56H66ClF4N7O5S3/c1-7-68-39(4)51(54(69)70)52(53(68)40-13-15-42(57)16-14-40)41-33-43(58)35-46(34-41)67-31-29-66(30-32-67)45-19-22-55(5,23-20-45)63-75(6,71)48-17-18-49(50(36-48)76(72,73)56(59,60)61)62-44(37-74-47-11-9-8-10-12-47)21-24-64-25-27-65(28-26-64)38(2)3/h8-20,22,33-36,38,44,62H,6-7,21,23-32,37H2,1-5H3,(H,63,71)(H,69,70)/t44-,55?,75?/m1/s1. The van der Waals surface area contributed by atoms with Crippen LogP contribution in [0.5, 0.6) is 0 Å². The molecule has 5 aromatic rings. The van der Waals surface area contributed by atoms with Crippen molar-refractivity contribution < 1.29 is 40.1 Å². The summed E-state index contributed by atoms with van der Waals surface area (Å²) in [5.74, 6) is 2.74. The Morgan fingerprint density at radius 1 is 0.895 bits per heavy atom. The van der Waals surface area contributed by atoms with E-state index in [0.29, 0.717) is 97.1 Å². The van der Waals surface area contributed by atoms with Crippen molar-refractivity contribution in [2.75, 3.05) is 74.9 Å². The first-order valence-corrected chi connectivity index (χ1v) is 30.0. The smallest absolute Gasteiger partial charge is 0.478 e. The van der Waals surface area contributed by atoms with Crippen molar-refractivity contribution in [3.8, 4) is 22.4 Å². The molecule has 8 rings (SSSR count). The average Bonchev–Trinajstić information content (AvgIpc) is 3.71. The van der Waals surface area contributed by atoms with Crippen molar-refractivity contribution in [1.29, 1.82) is 0 Å². The number of nitrogens with zero attached hydrogens (tertiary/aromatic N) is 5. The number of carboxylic acids is 1. The monoisotopic (exact) mass is 1120 g/mol. The lowest BCUT2D eigenvalue weighted by Gasteiger charge is -2.40. The molecule has 1 aliphatic carbocycles. The minimum absolute atomic E-state index is 0.0977. The number of hydrogen-bond donors (Lipinski definition) is 3. The molecule has 4 aromatic carbocycles. The first kappa shape index (κ1) is 56.9. The third-order valence-corrected chi connectivity index (χ3v) is 19.3. The molecule has 2 aliphatic heterocycles. The minimum atomic E-state index is -5.92. The van der Waals surface area contributed by atoms with Crippen LogP contribution in [-0.2, 0) is 26.1 Å². The molecule has 0 saturated carbocycles. The zero-order valence-electron chi connectivity index (χ0n) is 43.4. The molecule has 12 nitrogen and oxygen atoms in total. The number of alkyl halides is 3. The summed E-state index contributed by atoms with van der Waals surface area (Å²) in [6, 6.07) is 24.8. The molecule has 0 radical (unpaired) electrons. The van der Waals surface area contributed by atoms with Gasteiger partial charge < -0.3 is 29.7 Å². The molecule has 0 bridgehead atoms. The molecular weight excluding hydrogens is 1060 g/mol. The number of aromatic carboxylic acids is 1. The van der Waals surface area contributed by atoms with Gasteiger partial charge in [0.15, 0.2) is 0 Å². The van der Waals surface area contributed by atoms with Crippen LogP contribution in [-0.4, -0.2) is 137 Å². The highest BCUT2D eigenvalue weighted by atomic mass is 35.5. The maximum absolute atomic E-state index is 15.7. The summed E-state index contributed by atoms with van der Waals surface area (Å²) in [7, 11) is -9.53. The Morgan fingerprint density at radius 2 is 1.57 bits per heavy atom. The third kappa shape index (κ3) is 12.8. The van der Waals surface area contributed by atoms with E-state index in [9.17, 15) is 35.7 Å². The molecule has 2 saturated heterocycles. The van der Waals surface area contributed by atoms with Gasteiger partial charge in [-0.25, -0.2) is 26.5 Å². The second-order valence-electron chi connectivity index (χ2n) is 20.1. The number of allylic oxidation sites excluding steroid dienone is 1. The molecule has 76 heavy (non-hydrogen) atoms. The second-order valence-corrected chi connectivity index (χ2v) is 25.6. The Kier molecular flexibility index (Phi) is 17.5. The van der Waals surface area contributed by atoms with Crippen LogP contribution >= 0.6 is 23.4 Å². The summed E-state index contributed by atoms with van der Waals surface area (Å²) in [5, 5.41) is 14.2. The van der Waals surface area contributed by atoms with Crippen molar-refractivity contribution in [3.63, 3.8) is 0 Å². The first-order valence-electron chi connectivity index (χ1n) is 25.4. The van der Waals surface area contributed by atoms with Gasteiger partial charge in [-0.2, -0.15) is 13.2 Å². The second kappa shape index (κ2) is 23.4. The Morgan fingerprint density at radius 3 is 2.17 bits per heavy atom. The number of anilines is 2. The highest BCUT2D eigenvalue weighted by Gasteiger charge is 2.48. The van der Waals surface area contributed by atoms with Crippen LogP contribution in [0.3, 0.4) is 0 Å². The molecular formula is C56H66ClF4N7O5S3. The van der Waals surface area contributed by atoms with E-state index in [4.69, 9.17) is 11.6 Å². The Bertz CT molecular complexity index is 3190. The van der Waals surface area contributed by atoms with Gasteiger partial charge in [0.1, 0.15) is 10.7 Å². The van der Waals surface area contributed by atoms with Gasteiger partial charge in [0.2, 0.25) is 0 Å². The Balaban J connectivity index is 0.963. The zero-order valence-corrected chi connectivity index (χ0v) is 46.6. The van der Waals surface area contributed by atoms with Crippen molar-refractivity contribution in [2.45, 2.75) is 91.8 Å². The number of piperazine rings is 2. The van der Waals surface area contributed by atoms with Crippen LogP contribution in [0.2, 0.25) is 5.02 Å². The number of benzene rings is 4. The van der Waals surface area contributed by atoms with Crippen molar-refractivity contribution in [1.82, 2.24) is 24.0 Å². The van der Waals surface area contributed by atoms with Crippen LogP contribution in [0.4, 0.5) is 28.9 Å². The number of carboxylic acid groups (broad SMARTS) is 1. The summed E-state index contributed by atoms with van der Waals surface area (Å²) in [6.45, 7) is 16.5. The molecule has 1 aromatic heterocycles. The lowest BCUT2D eigenvalue weighted by molar-refractivity contribution is -0.0435. The molecule has 20 heteroatoms. The fraction of sp³-hybridized carbons (Fsp3) is 0.393. The molecule has 3 atom stereocenters. The number of sulfone groups is 1. The number of halogens is 5. The van der Waals surface area contributed by atoms with Crippen LogP contribution < -0.4 is 14.9 Å². The van der Waals surface area contributed by atoms with E-state index < -0.39 is 53.3 Å². The van der Waals surface area contributed by atoms with E-state index >= 15 is 4.39 Å². The summed E-state index contributed by atoms with van der Waals surface area (Å²) in [5.41, 5.74) is -2.46. The number of thioether (sulfide) groups is 1. The van der Waals surface area contributed by atoms with Crippen LogP contribution in [0.15, 0.2) is 130 Å². The average molecular weight is 1120 g/mol. The van der Waals surface area contributed by atoms with Crippen LogP contribution in [0, 0.1) is 12.7 Å². The van der Waals surface area contributed by atoms with Gasteiger partial charge in [-0.1, -0.05) is 54.1 Å². The number of nitrogens with one attached hydrogen (secondary N) is 2. The maximum atomic E-state index is 15.7. The van der Waals surface area contributed by atoms with Gasteiger partial charge in [-0.15, -0.1) is 11.8 Å². The summed E-state index contributed by atoms with van der Waals surface area (Å²) in [4.78, 5) is 21.5. The minimum Gasteiger partial charge on any atom is -0.478 e. The molecule has 3 heterocycles.